The van der Waals surface area contributed by atoms with E-state index in [4.69, 9.17) is 10.00 Å². The van der Waals surface area contributed by atoms with E-state index in [1.165, 1.54) is 0 Å². The first kappa shape index (κ1) is 16.0. The Morgan fingerprint density at radius 2 is 2.00 bits per heavy atom. The average molecular weight is 322 g/mol. The second-order valence-corrected chi connectivity index (χ2v) is 5.49. The molecule has 1 N–H and O–H groups in total. The van der Waals surface area contributed by atoms with E-state index >= 15 is 0 Å². The van der Waals surface area contributed by atoms with Gasteiger partial charge in [-0.25, -0.2) is 4.98 Å². The molecular formula is C18H18N4O2. The fourth-order valence-corrected chi connectivity index (χ4v) is 2.52. The van der Waals surface area contributed by atoms with E-state index < -0.39 is 0 Å². The molecule has 1 saturated heterocycles. The zero-order chi connectivity index (χ0) is 16.8. The summed E-state index contributed by atoms with van der Waals surface area (Å²) in [6, 6.07) is 12.5. The lowest BCUT2D eigenvalue weighted by Gasteiger charge is -2.28. The fourth-order valence-electron chi connectivity index (χ4n) is 2.52. The molecule has 0 spiro atoms. The SMILES string of the molecule is N#Cc1ccc(C(=O)NCc2ccnc(N3CCOCC3)c2)cc1. The molecule has 0 saturated carbocycles. The molecule has 1 aromatic carbocycles. The summed E-state index contributed by atoms with van der Waals surface area (Å²) in [5, 5.41) is 11.7. The van der Waals surface area contributed by atoms with E-state index in [1.807, 2.05) is 18.2 Å². The molecule has 1 fully saturated rings. The number of pyridine rings is 1. The standard InChI is InChI=1S/C18H18N4O2/c19-12-14-1-3-16(4-2-14)18(23)21-13-15-5-6-20-17(11-15)22-7-9-24-10-8-22/h1-6,11H,7-10,13H2,(H,21,23). The van der Waals surface area contributed by atoms with Gasteiger partial charge in [-0.05, 0) is 42.0 Å². The molecule has 1 aromatic heterocycles. The summed E-state index contributed by atoms with van der Waals surface area (Å²) in [7, 11) is 0. The van der Waals surface area contributed by atoms with Gasteiger partial charge in [0.25, 0.3) is 5.91 Å². The molecular weight excluding hydrogens is 304 g/mol. The first-order chi connectivity index (χ1) is 11.8. The summed E-state index contributed by atoms with van der Waals surface area (Å²) in [6.45, 7) is 3.50. The highest BCUT2D eigenvalue weighted by atomic mass is 16.5. The van der Waals surface area contributed by atoms with Gasteiger partial charge in [-0.15, -0.1) is 0 Å². The lowest BCUT2D eigenvalue weighted by Crippen LogP contribution is -2.36. The molecule has 0 atom stereocenters. The molecule has 0 unspecified atom stereocenters. The molecule has 6 nitrogen and oxygen atoms in total. The minimum atomic E-state index is -0.163. The van der Waals surface area contributed by atoms with Crippen LogP contribution in [0.3, 0.4) is 0 Å². The highest BCUT2D eigenvalue weighted by molar-refractivity contribution is 5.94. The molecule has 1 aliphatic heterocycles. The normalized spacial score (nSPS) is 14.0. The van der Waals surface area contributed by atoms with Crippen molar-refractivity contribution in [2.75, 3.05) is 31.2 Å². The Balaban J connectivity index is 1.61. The lowest BCUT2D eigenvalue weighted by molar-refractivity contribution is 0.0951. The van der Waals surface area contributed by atoms with Crippen LogP contribution in [0.1, 0.15) is 21.5 Å². The number of morpholine rings is 1. The second-order valence-electron chi connectivity index (χ2n) is 5.49. The van der Waals surface area contributed by atoms with Crippen LogP contribution in [0.5, 0.6) is 0 Å². The number of benzene rings is 1. The summed E-state index contributed by atoms with van der Waals surface area (Å²) in [5.74, 6) is 0.743. The third-order valence-electron chi connectivity index (χ3n) is 3.87. The Morgan fingerprint density at radius 1 is 1.25 bits per heavy atom. The topological polar surface area (TPSA) is 78.2 Å². The molecule has 3 rings (SSSR count). The Bertz CT molecular complexity index is 746. The zero-order valence-corrected chi connectivity index (χ0v) is 13.2. The van der Waals surface area contributed by atoms with Crippen LogP contribution < -0.4 is 10.2 Å². The van der Waals surface area contributed by atoms with Gasteiger partial charge >= 0.3 is 0 Å². The van der Waals surface area contributed by atoms with E-state index in [9.17, 15) is 4.79 Å². The average Bonchev–Trinajstić information content (AvgIpc) is 2.67. The van der Waals surface area contributed by atoms with Crippen LogP contribution in [0.15, 0.2) is 42.6 Å². The molecule has 24 heavy (non-hydrogen) atoms. The van der Waals surface area contributed by atoms with Crippen molar-refractivity contribution in [2.24, 2.45) is 0 Å². The van der Waals surface area contributed by atoms with E-state index in [0.717, 1.165) is 24.5 Å². The van der Waals surface area contributed by atoms with Gasteiger partial charge in [0.05, 0.1) is 24.8 Å². The first-order valence-electron chi connectivity index (χ1n) is 7.82. The van der Waals surface area contributed by atoms with E-state index in [1.54, 1.807) is 30.5 Å². The number of nitriles is 1. The van der Waals surface area contributed by atoms with E-state index in [0.29, 0.717) is 30.9 Å². The number of aromatic nitrogens is 1. The molecule has 0 aliphatic carbocycles. The number of carbonyl (C=O) groups excluding carboxylic acids is 1. The van der Waals surface area contributed by atoms with E-state index in [2.05, 4.69) is 15.2 Å². The Kier molecular flexibility index (Phi) is 5.04. The third-order valence-corrected chi connectivity index (χ3v) is 3.87. The minimum Gasteiger partial charge on any atom is -0.378 e. The third kappa shape index (κ3) is 3.89. The van der Waals surface area contributed by atoms with Gasteiger partial charge < -0.3 is 15.0 Å². The van der Waals surface area contributed by atoms with Crippen LogP contribution in [0.4, 0.5) is 5.82 Å². The molecule has 1 amide bonds. The predicted molar refractivity (Wildman–Crippen MR) is 89.6 cm³/mol. The van der Waals surface area contributed by atoms with E-state index in [-0.39, 0.29) is 5.91 Å². The van der Waals surface area contributed by atoms with Gasteiger partial charge in [-0.3, -0.25) is 4.79 Å². The first-order valence-corrected chi connectivity index (χ1v) is 7.82. The number of rotatable bonds is 4. The summed E-state index contributed by atoms with van der Waals surface area (Å²) >= 11 is 0. The summed E-state index contributed by atoms with van der Waals surface area (Å²) < 4.78 is 5.35. The number of nitrogens with zero attached hydrogens (tertiary/aromatic N) is 3. The molecule has 0 radical (unpaired) electrons. The van der Waals surface area contributed by atoms with Crippen molar-refractivity contribution in [2.45, 2.75) is 6.54 Å². The highest BCUT2D eigenvalue weighted by Gasteiger charge is 2.13. The summed E-state index contributed by atoms with van der Waals surface area (Å²) in [5.41, 5.74) is 2.07. The maximum Gasteiger partial charge on any atom is 0.251 e. The van der Waals surface area contributed by atoms with Gasteiger partial charge in [-0.1, -0.05) is 0 Å². The second kappa shape index (κ2) is 7.57. The molecule has 122 valence electrons. The van der Waals surface area contributed by atoms with Crippen LogP contribution in [0.2, 0.25) is 0 Å². The number of hydrogen-bond donors (Lipinski definition) is 1. The smallest absolute Gasteiger partial charge is 0.251 e. The largest absolute Gasteiger partial charge is 0.378 e. The molecule has 2 heterocycles. The summed E-state index contributed by atoms with van der Waals surface area (Å²) in [6.07, 6.45) is 1.76. The Labute approximate surface area is 140 Å². The predicted octanol–water partition coefficient (Wildman–Crippen LogP) is 1.72. The number of hydrogen-bond acceptors (Lipinski definition) is 5. The molecule has 0 bridgehead atoms. The van der Waals surface area contributed by atoms with Crippen molar-refractivity contribution < 1.29 is 9.53 Å². The van der Waals surface area contributed by atoms with Crippen LogP contribution in [-0.4, -0.2) is 37.2 Å². The van der Waals surface area contributed by atoms with Crippen molar-refractivity contribution in [3.8, 4) is 6.07 Å². The molecule has 2 aromatic rings. The van der Waals surface area contributed by atoms with Crippen molar-refractivity contribution >= 4 is 11.7 Å². The maximum atomic E-state index is 12.2. The van der Waals surface area contributed by atoms with Crippen molar-refractivity contribution in [1.82, 2.24) is 10.3 Å². The zero-order valence-electron chi connectivity index (χ0n) is 13.2. The Hall–Kier alpha value is -2.91. The van der Waals surface area contributed by atoms with Crippen LogP contribution >= 0.6 is 0 Å². The minimum absolute atomic E-state index is 0.163. The van der Waals surface area contributed by atoms with Gasteiger partial charge in [0, 0.05) is 31.4 Å². The monoisotopic (exact) mass is 322 g/mol. The van der Waals surface area contributed by atoms with Gasteiger partial charge in [0.2, 0.25) is 0 Å². The summed E-state index contributed by atoms with van der Waals surface area (Å²) in [4.78, 5) is 18.7. The van der Waals surface area contributed by atoms with Crippen molar-refractivity contribution in [3.05, 3.63) is 59.3 Å². The van der Waals surface area contributed by atoms with Crippen LogP contribution in [0.25, 0.3) is 0 Å². The van der Waals surface area contributed by atoms with Gasteiger partial charge in [-0.2, -0.15) is 5.26 Å². The number of nitrogens with one attached hydrogen (secondary N) is 1. The quantitative estimate of drug-likeness (QED) is 0.927. The number of ether oxygens (including phenoxy) is 1. The van der Waals surface area contributed by atoms with Crippen molar-refractivity contribution in [1.29, 1.82) is 5.26 Å². The number of amides is 1. The highest BCUT2D eigenvalue weighted by Crippen LogP contribution is 2.14. The number of anilines is 1. The number of carbonyl (C=O) groups is 1. The van der Waals surface area contributed by atoms with Crippen molar-refractivity contribution in [3.63, 3.8) is 0 Å². The molecule has 1 aliphatic rings. The molecule has 6 heteroatoms. The Morgan fingerprint density at radius 3 is 2.71 bits per heavy atom. The van der Waals surface area contributed by atoms with Gasteiger partial charge in [0.15, 0.2) is 0 Å². The van der Waals surface area contributed by atoms with Crippen LogP contribution in [-0.2, 0) is 11.3 Å². The lowest BCUT2D eigenvalue weighted by atomic mass is 10.1. The maximum absolute atomic E-state index is 12.2. The van der Waals surface area contributed by atoms with Crippen LogP contribution in [0, 0.1) is 11.3 Å². The fraction of sp³-hybridized carbons (Fsp3) is 0.278. The van der Waals surface area contributed by atoms with Gasteiger partial charge in [0.1, 0.15) is 5.82 Å².